The lowest BCUT2D eigenvalue weighted by Crippen LogP contribution is -2.29. The van der Waals surface area contributed by atoms with Gasteiger partial charge < -0.3 is 15.2 Å². The maximum atomic E-state index is 5.94. The van der Waals surface area contributed by atoms with E-state index in [1.807, 2.05) is 19.1 Å². The molecule has 0 aromatic carbocycles. The fourth-order valence-corrected chi connectivity index (χ4v) is 2.35. The first-order valence-corrected chi connectivity index (χ1v) is 6.60. The van der Waals surface area contributed by atoms with Gasteiger partial charge in [0, 0.05) is 19.6 Å². The third-order valence-electron chi connectivity index (χ3n) is 3.44. The normalized spacial score (nSPS) is 25.7. The average molecular weight is 250 g/mol. The van der Waals surface area contributed by atoms with Crippen molar-refractivity contribution in [3.63, 3.8) is 0 Å². The van der Waals surface area contributed by atoms with Crippen LogP contribution in [0, 0.1) is 0 Å². The van der Waals surface area contributed by atoms with Crippen molar-refractivity contribution in [3.8, 4) is 5.75 Å². The van der Waals surface area contributed by atoms with Crippen molar-refractivity contribution in [2.45, 2.75) is 50.9 Å². The second-order valence-corrected chi connectivity index (χ2v) is 4.97. The zero-order chi connectivity index (χ0) is 13.0. The van der Waals surface area contributed by atoms with Crippen molar-refractivity contribution in [2.24, 2.45) is 5.73 Å². The summed E-state index contributed by atoms with van der Waals surface area (Å²) in [6, 6.07) is 3.84. The van der Waals surface area contributed by atoms with Crippen molar-refractivity contribution >= 4 is 0 Å². The molecule has 100 valence electrons. The molecular formula is C14H22N2O2. The van der Waals surface area contributed by atoms with E-state index in [-0.39, 0.29) is 12.1 Å². The minimum Gasteiger partial charge on any atom is -0.489 e. The van der Waals surface area contributed by atoms with Crippen LogP contribution in [0.3, 0.4) is 0 Å². The van der Waals surface area contributed by atoms with Gasteiger partial charge in [-0.2, -0.15) is 0 Å². The van der Waals surface area contributed by atoms with Gasteiger partial charge in [-0.05, 0) is 38.3 Å². The lowest BCUT2D eigenvalue weighted by Gasteiger charge is -2.28. The predicted octanol–water partition coefficient (Wildman–Crippen LogP) is 2.44. The van der Waals surface area contributed by atoms with Gasteiger partial charge in [0.15, 0.2) is 0 Å². The van der Waals surface area contributed by atoms with E-state index in [1.165, 1.54) is 0 Å². The van der Waals surface area contributed by atoms with Crippen LogP contribution in [0.15, 0.2) is 18.3 Å². The Balaban J connectivity index is 1.92. The van der Waals surface area contributed by atoms with Gasteiger partial charge in [0.1, 0.15) is 11.9 Å². The van der Waals surface area contributed by atoms with E-state index in [0.717, 1.165) is 37.1 Å². The summed E-state index contributed by atoms with van der Waals surface area (Å²) in [4.78, 5) is 4.30. The van der Waals surface area contributed by atoms with Crippen molar-refractivity contribution in [1.82, 2.24) is 4.98 Å². The Kier molecular flexibility index (Phi) is 4.55. The van der Waals surface area contributed by atoms with E-state index in [0.29, 0.717) is 6.10 Å². The highest BCUT2D eigenvalue weighted by atomic mass is 16.5. The number of hydrogen-bond donors (Lipinski definition) is 1. The maximum Gasteiger partial charge on any atom is 0.138 e. The third-order valence-corrected chi connectivity index (χ3v) is 3.44. The molecule has 2 N–H and O–H groups in total. The van der Waals surface area contributed by atoms with Crippen LogP contribution in [0.5, 0.6) is 5.75 Å². The molecule has 4 heteroatoms. The van der Waals surface area contributed by atoms with Gasteiger partial charge in [-0.15, -0.1) is 0 Å². The first-order chi connectivity index (χ1) is 8.69. The molecular weight excluding hydrogens is 228 g/mol. The fraction of sp³-hybridized carbons (Fsp3) is 0.643. The molecule has 1 aromatic rings. The number of pyridine rings is 1. The molecule has 0 bridgehead atoms. The van der Waals surface area contributed by atoms with Gasteiger partial charge >= 0.3 is 0 Å². The molecule has 1 aliphatic rings. The maximum absolute atomic E-state index is 5.94. The summed E-state index contributed by atoms with van der Waals surface area (Å²) < 4.78 is 11.3. The molecule has 3 atom stereocenters. The Labute approximate surface area is 108 Å². The molecule has 1 aromatic heterocycles. The summed E-state index contributed by atoms with van der Waals surface area (Å²) in [5, 5.41) is 0. The molecule has 1 saturated carbocycles. The predicted molar refractivity (Wildman–Crippen MR) is 70.5 cm³/mol. The van der Waals surface area contributed by atoms with Crippen molar-refractivity contribution in [2.75, 3.05) is 7.11 Å². The molecule has 4 nitrogen and oxygen atoms in total. The van der Waals surface area contributed by atoms with Gasteiger partial charge in [0.2, 0.25) is 0 Å². The monoisotopic (exact) mass is 250 g/mol. The Morgan fingerprint density at radius 2 is 2.11 bits per heavy atom. The number of rotatable bonds is 4. The Morgan fingerprint density at radius 3 is 2.72 bits per heavy atom. The van der Waals surface area contributed by atoms with Gasteiger partial charge in [-0.3, -0.25) is 4.98 Å². The first kappa shape index (κ1) is 13.3. The first-order valence-electron chi connectivity index (χ1n) is 6.60. The molecule has 2 rings (SSSR count). The number of hydrogen-bond acceptors (Lipinski definition) is 4. The van der Waals surface area contributed by atoms with Crippen molar-refractivity contribution in [1.29, 1.82) is 0 Å². The van der Waals surface area contributed by atoms with Crippen molar-refractivity contribution in [3.05, 3.63) is 24.0 Å². The van der Waals surface area contributed by atoms with Crippen LogP contribution >= 0.6 is 0 Å². The van der Waals surface area contributed by atoms with Crippen LogP contribution in [0.2, 0.25) is 0 Å². The topological polar surface area (TPSA) is 57.4 Å². The zero-order valence-corrected chi connectivity index (χ0v) is 11.1. The number of aromatic nitrogens is 1. The molecule has 1 aliphatic carbocycles. The Bertz CT molecular complexity index is 365. The molecule has 1 heterocycles. The van der Waals surface area contributed by atoms with E-state index >= 15 is 0 Å². The smallest absolute Gasteiger partial charge is 0.138 e. The second kappa shape index (κ2) is 6.16. The molecule has 0 amide bonds. The molecule has 18 heavy (non-hydrogen) atoms. The van der Waals surface area contributed by atoms with Crippen LogP contribution < -0.4 is 10.5 Å². The number of nitrogens with zero attached hydrogens (tertiary/aromatic N) is 1. The van der Waals surface area contributed by atoms with Crippen LogP contribution in [0.4, 0.5) is 0 Å². The largest absolute Gasteiger partial charge is 0.489 e. The van der Waals surface area contributed by atoms with Crippen LogP contribution in [0.25, 0.3) is 0 Å². The van der Waals surface area contributed by atoms with Gasteiger partial charge in [0.25, 0.3) is 0 Å². The summed E-state index contributed by atoms with van der Waals surface area (Å²) in [7, 11) is 1.77. The summed E-state index contributed by atoms with van der Waals surface area (Å²) in [5.74, 6) is 0.821. The summed E-state index contributed by atoms with van der Waals surface area (Å²) in [6.45, 7) is 1.92. The molecule has 0 radical (unpaired) electrons. The lowest BCUT2D eigenvalue weighted by molar-refractivity contribution is 0.0208. The highest BCUT2D eigenvalue weighted by Crippen LogP contribution is 2.25. The van der Waals surface area contributed by atoms with Gasteiger partial charge in [-0.25, -0.2) is 0 Å². The van der Waals surface area contributed by atoms with Crippen LogP contribution in [0.1, 0.15) is 44.3 Å². The van der Waals surface area contributed by atoms with E-state index in [2.05, 4.69) is 4.98 Å². The number of nitrogens with two attached hydrogens (primary N) is 1. The highest BCUT2D eigenvalue weighted by Gasteiger charge is 2.23. The standard InChI is InChI=1S/C14H22N2O2/c1-10(15)14-7-6-13(9-16-14)18-12-5-3-4-11(8-12)17-2/h6-7,9-12H,3-5,8,15H2,1-2H3/t10-,11?,12?/m0/s1. The summed E-state index contributed by atoms with van der Waals surface area (Å²) in [5.41, 5.74) is 6.65. The molecule has 0 spiro atoms. The lowest BCUT2D eigenvalue weighted by atomic mass is 9.95. The fourth-order valence-electron chi connectivity index (χ4n) is 2.35. The molecule has 0 saturated heterocycles. The van der Waals surface area contributed by atoms with E-state index < -0.39 is 0 Å². The summed E-state index contributed by atoms with van der Waals surface area (Å²) in [6.07, 6.45) is 6.69. The van der Waals surface area contributed by atoms with Crippen LogP contribution in [-0.2, 0) is 4.74 Å². The zero-order valence-electron chi connectivity index (χ0n) is 11.1. The third kappa shape index (κ3) is 3.43. The minimum absolute atomic E-state index is 0.0356. The van der Waals surface area contributed by atoms with E-state index in [9.17, 15) is 0 Å². The average Bonchev–Trinajstić information content (AvgIpc) is 2.39. The second-order valence-electron chi connectivity index (χ2n) is 4.97. The Hall–Kier alpha value is -1.13. The summed E-state index contributed by atoms with van der Waals surface area (Å²) >= 11 is 0. The van der Waals surface area contributed by atoms with Gasteiger partial charge in [-0.1, -0.05) is 0 Å². The minimum atomic E-state index is -0.0356. The van der Waals surface area contributed by atoms with E-state index in [1.54, 1.807) is 13.3 Å². The quantitative estimate of drug-likeness (QED) is 0.891. The molecule has 0 aliphatic heterocycles. The molecule has 1 fully saturated rings. The number of methoxy groups -OCH3 is 1. The SMILES string of the molecule is COC1CCCC(Oc2ccc([C@H](C)N)nc2)C1. The van der Waals surface area contributed by atoms with E-state index in [4.69, 9.17) is 15.2 Å². The molecule has 2 unspecified atom stereocenters. The Morgan fingerprint density at radius 1 is 1.33 bits per heavy atom. The van der Waals surface area contributed by atoms with Gasteiger partial charge in [0.05, 0.1) is 18.0 Å². The highest BCUT2D eigenvalue weighted by molar-refractivity contribution is 5.21. The van der Waals surface area contributed by atoms with Crippen molar-refractivity contribution < 1.29 is 9.47 Å². The van der Waals surface area contributed by atoms with Crippen LogP contribution in [-0.4, -0.2) is 24.3 Å². The number of ether oxygens (including phenoxy) is 2.